The van der Waals surface area contributed by atoms with Gasteiger partial charge in [-0.15, -0.1) is 12.4 Å². The second-order valence-electron chi connectivity index (χ2n) is 4.76. The number of methoxy groups -OCH3 is 1. The van der Waals surface area contributed by atoms with Gasteiger partial charge in [-0.05, 0) is 24.4 Å². The fraction of sp³-hybridized carbons (Fsp3) is 0.571. The quantitative estimate of drug-likeness (QED) is 0.824. The van der Waals surface area contributed by atoms with Crippen LogP contribution >= 0.6 is 12.4 Å². The van der Waals surface area contributed by atoms with Crippen LogP contribution in [0.15, 0.2) is 30.3 Å². The predicted octanol–water partition coefficient (Wildman–Crippen LogP) is 2.97. The highest BCUT2D eigenvalue weighted by molar-refractivity contribution is 5.85. The molecule has 0 N–H and O–H groups in total. The van der Waals surface area contributed by atoms with Gasteiger partial charge in [-0.3, -0.25) is 4.90 Å². The Kier molecular flexibility index (Phi) is 5.96. The maximum Gasteiger partial charge on any atom is 0.0724 e. The smallest absolute Gasteiger partial charge is 0.0724 e. The van der Waals surface area contributed by atoms with Gasteiger partial charge >= 0.3 is 0 Å². The molecule has 17 heavy (non-hydrogen) atoms. The SMILES string of the molecule is CO[C@H]1CN(Cc2ccccc2)CC[C@@H]1C.Cl. The molecule has 0 aliphatic carbocycles. The largest absolute Gasteiger partial charge is 0.380 e. The van der Waals surface area contributed by atoms with Crippen molar-refractivity contribution in [1.29, 1.82) is 0 Å². The van der Waals surface area contributed by atoms with Crippen LogP contribution in [0.4, 0.5) is 0 Å². The van der Waals surface area contributed by atoms with Gasteiger partial charge in [0.05, 0.1) is 6.10 Å². The molecule has 1 fully saturated rings. The zero-order valence-electron chi connectivity index (χ0n) is 10.6. The number of piperidine rings is 1. The normalized spacial score (nSPS) is 25.3. The molecule has 0 unspecified atom stereocenters. The van der Waals surface area contributed by atoms with Crippen LogP contribution in [0.2, 0.25) is 0 Å². The van der Waals surface area contributed by atoms with Crippen LogP contribution in [0.25, 0.3) is 0 Å². The summed E-state index contributed by atoms with van der Waals surface area (Å²) in [6.45, 7) is 5.59. The fourth-order valence-electron chi connectivity index (χ4n) is 2.39. The zero-order chi connectivity index (χ0) is 11.4. The molecule has 1 aliphatic heterocycles. The summed E-state index contributed by atoms with van der Waals surface area (Å²) >= 11 is 0. The molecule has 96 valence electrons. The van der Waals surface area contributed by atoms with E-state index in [2.05, 4.69) is 42.2 Å². The summed E-state index contributed by atoms with van der Waals surface area (Å²) in [5.41, 5.74) is 1.40. The third kappa shape index (κ3) is 3.98. The molecule has 3 heteroatoms. The van der Waals surface area contributed by atoms with Gasteiger partial charge in [0.1, 0.15) is 0 Å². The Morgan fingerprint density at radius 1 is 1.29 bits per heavy atom. The third-order valence-electron chi connectivity index (χ3n) is 3.53. The second-order valence-corrected chi connectivity index (χ2v) is 4.76. The minimum atomic E-state index is 0. The molecule has 2 rings (SSSR count). The van der Waals surface area contributed by atoms with Crippen LogP contribution in [0, 0.1) is 5.92 Å². The Hall–Kier alpha value is -0.570. The van der Waals surface area contributed by atoms with Crippen LogP contribution in [0.3, 0.4) is 0 Å². The molecule has 1 saturated heterocycles. The van der Waals surface area contributed by atoms with Gasteiger partial charge in [-0.25, -0.2) is 0 Å². The van der Waals surface area contributed by atoms with Crippen molar-refractivity contribution < 1.29 is 4.74 Å². The van der Waals surface area contributed by atoms with Crippen LogP contribution in [0.5, 0.6) is 0 Å². The molecule has 1 aliphatic rings. The summed E-state index contributed by atoms with van der Waals surface area (Å²) in [6, 6.07) is 10.7. The average molecular weight is 256 g/mol. The van der Waals surface area contributed by atoms with Crippen molar-refractivity contribution >= 4 is 12.4 Å². The number of ether oxygens (including phenoxy) is 1. The van der Waals surface area contributed by atoms with E-state index in [4.69, 9.17) is 4.74 Å². The predicted molar refractivity (Wildman–Crippen MR) is 73.5 cm³/mol. The molecule has 0 amide bonds. The Labute approximate surface area is 110 Å². The molecule has 1 aromatic carbocycles. The molecule has 0 saturated carbocycles. The first-order valence-corrected chi connectivity index (χ1v) is 6.08. The molecule has 0 bridgehead atoms. The van der Waals surface area contributed by atoms with Gasteiger partial charge in [0.2, 0.25) is 0 Å². The molecule has 0 radical (unpaired) electrons. The number of likely N-dealkylation sites (tertiary alicyclic amines) is 1. The highest BCUT2D eigenvalue weighted by Crippen LogP contribution is 2.20. The number of hydrogen-bond acceptors (Lipinski definition) is 2. The van der Waals surface area contributed by atoms with E-state index in [0.717, 1.165) is 13.1 Å². The molecular weight excluding hydrogens is 234 g/mol. The second kappa shape index (κ2) is 7.00. The maximum atomic E-state index is 5.53. The van der Waals surface area contributed by atoms with Gasteiger partial charge in [0.15, 0.2) is 0 Å². The lowest BCUT2D eigenvalue weighted by atomic mass is 9.95. The Balaban J connectivity index is 0.00000144. The van der Waals surface area contributed by atoms with E-state index in [9.17, 15) is 0 Å². The van der Waals surface area contributed by atoms with Gasteiger partial charge in [-0.1, -0.05) is 37.3 Å². The van der Waals surface area contributed by atoms with Gasteiger partial charge < -0.3 is 4.74 Å². The van der Waals surface area contributed by atoms with Crippen LogP contribution < -0.4 is 0 Å². The summed E-state index contributed by atoms with van der Waals surface area (Å²) in [4.78, 5) is 2.49. The molecular formula is C14H22ClNO. The van der Waals surface area contributed by atoms with Crippen molar-refractivity contribution in [3.05, 3.63) is 35.9 Å². The maximum absolute atomic E-state index is 5.53. The molecule has 0 spiro atoms. The number of benzene rings is 1. The van der Waals surface area contributed by atoms with Crippen molar-refractivity contribution in [1.82, 2.24) is 4.90 Å². The van der Waals surface area contributed by atoms with Crippen molar-refractivity contribution in [3.8, 4) is 0 Å². The number of hydrogen-bond donors (Lipinski definition) is 0. The first-order chi connectivity index (χ1) is 7.79. The summed E-state index contributed by atoms with van der Waals surface area (Å²) in [7, 11) is 1.83. The number of rotatable bonds is 3. The van der Waals surface area contributed by atoms with Gasteiger partial charge in [-0.2, -0.15) is 0 Å². The first kappa shape index (κ1) is 14.5. The highest BCUT2D eigenvalue weighted by Gasteiger charge is 2.25. The van der Waals surface area contributed by atoms with E-state index in [1.807, 2.05) is 7.11 Å². The van der Waals surface area contributed by atoms with Crippen LogP contribution in [-0.4, -0.2) is 31.2 Å². The highest BCUT2D eigenvalue weighted by atomic mass is 35.5. The third-order valence-corrected chi connectivity index (χ3v) is 3.53. The zero-order valence-corrected chi connectivity index (χ0v) is 11.5. The molecule has 2 nitrogen and oxygen atoms in total. The molecule has 2 atom stereocenters. The molecule has 1 heterocycles. The van der Waals surface area contributed by atoms with E-state index in [1.165, 1.54) is 18.5 Å². The summed E-state index contributed by atoms with van der Waals surface area (Å²) < 4.78 is 5.53. The lowest BCUT2D eigenvalue weighted by Gasteiger charge is -2.36. The van der Waals surface area contributed by atoms with Gasteiger partial charge in [0, 0.05) is 20.2 Å². The van der Waals surface area contributed by atoms with E-state index < -0.39 is 0 Å². The van der Waals surface area contributed by atoms with Crippen molar-refractivity contribution in [2.45, 2.75) is 26.0 Å². The Morgan fingerprint density at radius 2 is 2.00 bits per heavy atom. The van der Waals surface area contributed by atoms with Crippen LogP contribution in [-0.2, 0) is 11.3 Å². The summed E-state index contributed by atoms with van der Waals surface area (Å²) in [5, 5.41) is 0. The summed E-state index contributed by atoms with van der Waals surface area (Å²) in [5.74, 6) is 0.692. The van der Waals surface area contributed by atoms with Crippen LogP contribution in [0.1, 0.15) is 18.9 Å². The van der Waals surface area contributed by atoms with E-state index in [-0.39, 0.29) is 12.4 Å². The Bertz CT molecular complexity index is 317. The minimum absolute atomic E-state index is 0. The van der Waals surface area contributed by atoms with E-state index in [0.29, 0.717) is 12.0 Å². The fourth-order valence-corrected chi connectivity index (χ4v) is 2.39. The minimum Gasteiger partial charge on any atom is -0.380 e. The molecule has 1 aromatic rings. The summed E-state index contributed by atoms with van der Waals surface area (Å²) in [6.07, 6.45) is 1.64. The Morgan fingerprint density at radius 3 is 2.65 bits per heavy atom. The van der Waals surface area contributed by atoms with Crippen molar-refractivity contribution in [3.63, 3.8) is 0 Å². The lowest BCUT2D eigenvalue weighted by molar-refractivity contribution is -0.00744. The van der Waals surface area contributed by atoms with Crippen molar-refractivity contribution in [2.75, 3.05) is 20.2 Å². The van der Waals surface area contributed by atoms with Gasteiger partial charge in [0.25, 0.3) is 0 Å². The lowest BCUT2D eigenvalue weighted by Crippen LogP contribution is -2.43. The van der Waals surface area contributed by atoms with E-state index in [1.54, 1.807) is 0 Å². The number of halogens is 1. The van der Waals surface area contributed by atoms with Crippen molar-refractivity contribution in [2.24, 2.45) is 5.92 Å². The average Bonchev–Trinajstić information content (AvgIpc) is 2.33. The molecule has 0 aromatic heterocycles. The standard InChI is InChI=1S/C14H21NO.ClH/c1-12-8-9-15(11-14(12)16-2)10-13-6-4-3-5-7-13;/h3-7,12,14H,8-11H2,1-2H3;1H/t12-,14-;/m0./s1. The topological polar surface area (TPSA) is 12.5 Å². The van der Waals surface area contributed by atoms with E-state index >= 15 is 0 Å². The monoisotopic (exact) mass is 255 g/mol. The number of nitrogens with zero attached hydrogens (tertiary/aromatic N) is 1. The first-order valence-electron chi connectivity index (χ1n) is 6.08.